The Morgan fingerprint density at radius 2 is 1.69 bits per heavy atom. The minimum atomic E-state index is -0.0301. The van der Waals surface area contributed by atoms with Crippen LogP contribution >= 0.6 is 0 Å². The van der Waals surface area contributed by atoms with Gasteiger partial charge in [-0.2, -0.15) is 0 Å². The Morgan fingerprint density at radius 3 is 2.08 bits per heavy atom. The molecule has 4 unspecified atom stereocenters. The fourth-order valence-corrected chi connectivity index (χ4v) is 2.87. The molecule has 0 spiro atoms. The van der Waals surface area contributed by atoms with Crippen molar-refractivity contribution in [2.75, 3.05) is 13.1 Å². The topological polar surface area (TPSA) is 23.5 Å². The van der Waals surface area contributed by atoms with Crippen molar-refractivity contribution < 1.29 is 5.11 Å². The van der Waals surface area contributed by atoms with Crippen molar-refractivity contribution in [3.63, 3.8) is 0 Å². The van der Waals surface area contributed by atoms with Gasteiger partial charge in [0.25, 0.3) is 0 Å². The van der Waals surface area contributed by atoms with Gasteiger partial charge in [0.05, 0.1) is 6.10 Å². The minimum Gasteiger partial charge on any atom is -0.391 e. The zero-order valence-electron chi connectivity index (χ0n) is 8.74. The van der Waals surface area contributed by atoms with Gasteiger partial charge in [-0.3, -0.25) is 4.90 Å². The highest BCUT2D eigenvalue weighted by Crippen LogP contribution is 2.31. The van der Waals surface area contributed by atoms with Gasteiger partial charge in [-0.1, -0.05) is 13.8 Å². The summed E-state index contributed by atoms with van der Waals surface area (Å²) in [6.07, 6.45) is 3.56. The third kappa shape index (κ3) is 1.89. The van der Waals surface area contributed by atoms with E-state index in [9.17, 15) is 5.11 Å². The van der Waals surface area contributed by atoms with Crippen molar-refractivity contribution in [2.24, 2.45) is 11.8 Å². The van der Waals surface area contributed by atoms with E-state index in [0.717, 1.165) is 18.3 Å². The van der Waals surface area contributed by atoms with Crippen molar-refractivity contribution >= 4 is 0 Å². The standard InChI is InChI=1S/C11H21NO/c1-8-5-9(2)7-12(6-8)10-3-4-11(10)13/h8-11,13H,3-7H2,1-2H3. The number of aliphatic hydroxyl groups excluding tert-OH is 1. The number of nitrogens with zero attached hydrogens (tertiary/aromatic N) is 1. The molecule has 2 rings (SSSR count). The van der Waals surface area contributed by atoms with Crippen molar-refractivity contribution in [1.29, 1.82) is 0 Å². The molecule has 1 N–H and O–H groups in total. The molecule has 0 aromatic rings. The number of hydrogen-bond donors (Lipinski definition) is 1. The van der Waals surface area contributed by atoms with Crippen LogP contribution in [0.1, 0.15) is 33.1 Å². The Bertz CT molecular complexity index is 173. The molecule has 4 atom stereocenters. The predicted octanol–water partition coefficient (Wildman–Crippen LogP) is 1.49. The SMILES string of the molecule is CC1CC(C)CN(C2CCC2O)C1. The van der Waals surface area contributed by atoms with Crippen LogP contribution in [0.5, 0.6) is 0 Å². The molecular formula is C11H21NO. The van der Waals surface area contributed by atoms with Crippen LogP contribution in [-0.2, 0) is 0 Å². The van der Waals surface area contributed by atoms with E-state index in [1.165, 1.54) is 25.9 Å². The molecular weight excluding hydrogens is 162 g/mol. The van der Waals surface area contributed by atoms with Crippen molar-refractivity contribution in [3.8, 4) is 0 Å². The van der Waals surface area contributed by atoms with Crippen LogP contribution in [0.3, 0.4) is 0 Å². The normalized spacial score (nSPS) is 47.3. The summed E-state index contributed by atoms with van der Waals surface area (Å²) in [6.45, 7) is 7.06. The van der Waals surface area contributed by atoms with Crippen LogP contribution in [-0.4, -0.2) is 35.2 Å². The van der Waals surface area contributed by atoms with E-state index in [-0.39, 0.29) is 6.10 Å². The van der Waals surface area contributed by atoms with Gasteiger partial charge in [0.15, 0.2) is 0 Å². The molecule has 1 saturated heterocycles. The number of hydrogen-bond acceptors (Lipinski definition) is 2. The first-order valence-electron chi connectivity index (χ1n) is 5.59. The molecule has 2 nitrogen and oxygen atoms in total. The van der Waals surface area contributed by atoms with E-state index in [1.54, 1.807) is 0 Å². The molecule has 1 aliphatic carbocycles. The molecule has 0 aromatic heterocycles. The Labute approximate surface area is 80.9 Å². The molecule has 0 amide bonds. The first kappa shape index (κ1) is 9.47. The van der Waals surface area contributed by atoms with Gasteiger partial charge < -0.3 is 5.11 Å². The lowest BCUT2D eigenvalue weighted by atomic mass is 9.83. The van der Waals surface area contributed by atoms with Crippen molar-refractivity contribution in [3.05, 3.63) is 0 Å². The second-order valence-electron chi connectivity index (χ2n) is 5.11. The summed E-state index contributed by atoms with van der Waals surface area (Å²) >= 11 is 0. The Hall–Kier alpha value is -0.0800. The van der Waals surface area contributed by atoms with Crippen LogP contribution in [0.15, 0.2) is 0 Å². The highest BCUT2D eigenvalue weighted by molar-refractivity contribution is 4.91. The average Bonchev–Trinajstić information content (AvgIpc) is 1.99. The Kier molecular flexibility index (Phi) is 2.61. The summed E-state index contributed by atoms with van der Waals surface area (Å²) in [7, 11) is 0. The summed E-state index contributed by atoms with van der Waals surface area (Å²) in [6, 6.07) is 0.491. The maximum atomic E-state index is 9.59. The summed E-state index contributed by atoms with van der Waals surface area (Å²) < 4.78 is 0. The minimum absolute atomic E-state index is 0.0301. The molecule has 13 heavy (non-hydrogen) atoms. The first-order chi connectivity index (χ1) is 6.16. The van der Waals surface area contributed by atoms with E-state index in [0.29, 0.717) is 6.04 Å². The molecule has 0 aromatic carbocycles. The Balaban J connectivity index is 1.91. The molecule has 2 aliphatic rings. The predicted molar refractivity (Wildman–Crippen MR) is 53.5 cm³/mol. The number of likely N-dealkylation sites (tertiary alicyclic amines) is 1. The molecule has 1 saturated carbocycles. The summed E-state index contributed by atoms with van der Waals surface area (Å²) in [5, 5.41) is 9.59. The van der Waals surface area contributed by atoms with Gasteiger partial charge in [-0.15, -0.1) is 0 Å². The van der Waals surface area contributed by atoms with E-state index in [1.807, 2.05) is 0 Å². The monoisotopic (exact) mass is 183 g/mol. The number of rotatable bonds is 1. The summed E-state index contributed by atoms with van der Waals surface area (Å²) in [5.41, 5.74) is 0. The lowest BCUT2D eigenvalue weighted by Gasteiger charge is -2.46. The van der Waals surface area contributed by atoms with Gasteiger partial charge in [0.1, 0.15) is 0 Å². The average molecular weight is 183 g/mol. The number of piperidine rings is 1. The maximum Gasteiger partial charge on any atom is 0.0696 e. The third-order valence-electron chi connectivity index (χ3n) is 3.57. The van der Waals surface area contributed by atoms with Gasteiger partial charge in [-0.25, -0.2) is 0 Å². The fraction of sp³-hybridized carbons (Fsp3) is 1.00. The second kappa shape index (κ2) is 3.58. The molecule has 2 heteroatoms. The zero-order valence-corrected chi connectivity index (χ0v) is 8.74. The fourth-order valence-electron chi connectivity index (χ4n) is 2.87. The molecule has 2 fully saturated rings. The van der Waals surface area contributed by atoms with Crippen LogP contribution < -0.4 is 0 Å². The van der Waals surface area contributed by atoms with Crippen LogP contribution in [0.2, 0.25) is 0 Å². The van der Waals surface area contributed by atoms with E-state index in [4.69, 9.17) is 0 Å². The van der Waals surface area contributed by atoms with Gasteiger partial charge in [0.2, 0.25) is 0 Å². The van der Waals surface area contributed by atoms with Gasteiger partial charge in [-0.05, 0) is 31.1 Å². The van der Waals surface area contributed by atoms with E-state index in [2.05, 4.69) is 18.7 Å². The third-order valence-corrected chi connectivity index (χ3v) is 3.57. The maximum absolute atomic E-state index is 9.59. The largest absolute Gasteiger partial charge is 0.391 e. The smallest absolute Gasteiger partial charge is 0.0696 e. The van der Waals surface area contributed by atoms with Crippen molar-refractivity contribution in [2.45, 2.75) is 45.3 Å². The van der Waals surface area contributed by atoms with Crippen LogP contribution in [0.25, 0.3) is 0 Å². The molecule has 0 radical (unpaired) electrons. The summed E-state index contributed by atoms with van der Waals surface area (Å²) in [5.74, 6) is 1.63. The zero-order chi connectivity index (χ0) is 9.42. The Morgan fingerprint density at radius 1 is 1.08 bits per heavy atom. The van der Waals surface area contributed by atoms with Crippen LogP contribution in [0.4, 0.5) is 0 Å². The lowest BCUT2D eigenvalue weighted by molar-refractivity contribution is -0.0444. The van der Waals surface area contributed by atoms with E-state index < -0.39 is 0 Å². The van der Waals surface area contributed by atoms with E-state index >= 15 is 0 Å². The molecule has 76 valence electrons. The molecule has 1 heterocycles. The quantitative estimate of drug-likeness (QED) is 0.665. The highest BCUT2D eigenvalue weighted by atomic mass is 16.3. The summed E-state index contributed by atoms with van der Waals surface area (Å²) in [4.78, 5) is 2.51. The van der Waals surface area contributed by atoms with Crippen molar-refractivity contribution in [1.82, 2.24) is 4.90 Å². The van der Waals surface area contributed by atoms with Crippen LogP contribution in [0, 0.1) is 11.8 Å². The van der Waals surface area contributed by atoms with Gasteiger partial charge >= 0.3 is 0 Å². The number of aliphatic hydroxyl groups is 1. The highest BCUT2D eigenvalue weighted by Gasteiger charge is 2.36. The first-order valence-corrected chi connectivity index (χ1v) is 5.59. The molecule has 0 bridgehead atoms. The lowest BCUT2D eigenvalue weighted by Crippen LogP contribution is -2.54. The second-order valence-corrected chi connectivity index (χ2v) is 5.11. The molecule has 1 aliphatic heterocycles. The van der Waals surface area contributed by atoms with Gasteiger partial charge in [0, 0.05) is 19.1 Å².